The van der Waals surface area contributed by atoms with Crippen LogP contribution in [0.25, 0.3) is 16.7 Å². The largest absolute Gasteiger partial charge is 0.462 e. The molecule has 0 atom stereocenters. The molecule has 0 bridgehead atoms. The molecule has 1 N–H and O–H groups in total. The normalized spacial score (nSPS) is 13.8. The second-order valence-corrected chi connectivity index (χ2v) is 7.54. The molecule has 2 aromatic heterocycles. The Morgan fingerprint density at radius 1 is 1.39 bits per heavy atom. The second-order valence-electron chi connectivity index (χ2n) is 6.44. The molecule has 28 heavy (non-hydrogen) atoms. The highest BCUT2D eigenvalue weighted by atomic mass is 32.1. The van der Waals surface area contributed by atoms with Crippen LogP contribution in [0.2, 0.25) is 0 Å². The van der Waals surface area contributed by atoms with Crippen molar-refractivity contribution in [1.82, 2.24) is 4.98 Å². The van der Waals surface area contributed by atoms with Gasteiger partial charge in [-0.3, -0.25) is 0 Å². The van der Waals surface area contributed by atoms with E-state index in [9.17, 15) is 10.1 Å². The number of anilines is 1. The number of allylic oxidation sites excluding steroid dienone is 1. The molecule has 0 saturated heterocycles. The highest BCUT2D eigenvalue weighted by Gasteiger charge is 2.26. The van der Waals surface area contributed by atoms with Gasteiger partial charge in [-0.15, -0.1) is 11.3 Å². The summed E-state index contributed by atoms with van der Waals surface area (Å²) >= 11 is 1.55. The highest BCUT2D eigenvalue weighted by Crippen LogP contribution is 2.39. The Kier molecular flexibility index (Phi) is 5.13. The molecule has 0 spiro atoms. The molecule has 0 unspecified atom stereocenters. The predicted octanol–water partition coefficient (Wildman–Crippen LogP) is 4.92. The minimum atomic E-state index is -0.321. The van der Waals surface area contributed by atoms with E-state index in [2.05, 4.69) is 16.4 Å². The average molecular weight is 393 g/mol. The topological polar surface area (TPSA) is 88.1 Å². The van der Waals surface area contributed by atoms with E-state index < -0.39 is 0 Å². The lowest BCUT2D eigenvalue weighted by Gasteiger charge is -2.12. The van der Waals surface area contributed by atoms with Crippen LogP contribution in [-0.4, -0.2) is 17.6 Å². The number of oxazole rings is 1. The number of nitriles is 1. The van der Waals surface area contributed by atoms with Crippen molar-refractivity contribution in [1.29, 1.82) is 5.26 Å². The lowest BCUT2D eigenvalue weighted by molar-refractivity contribution is 0.0526. The molecule has 0 aliphatic heterocycles. The number of rotatable bonds is 5. The number of aryl methyl sites for hydroxylation is 1. The lowest BCUT2D eigenvalue weighted by atomic mass is 9.95. The van der Waals surface area contributed by atoms with E-state index >= 15 is 0 Å². The van der Waals surface area contributed by atoms with Gasteiger partial charge >= 0.3 is 5.97 Å². The van der Waals surface area contributed by atoms with Crippen LogP contribution < -0.4 is 5.32 Å². The number of para-hydroxylation sites is 2. The number of thiophene rings is 1. The fraction of sp³-hybridized carbons (Fsp3) is 0.286. The van der Waals surface area contributed by atoms with Gasteiger partial charge < -0.3 is 14.5 Å². The predicted molar refractivity (Wildman–Crippen MR) is 108 cm³/mol. The SMILES string of the molecule is CCOC(=O)c1c(N/C=C(/C#N)c2nc3ccccc3o2)sc2c1CCCC2. The Labute approximate surface area is 166 Å². The molecule has 1 aromatic carbocycles. The Morgan fingerprint density at radius 2 is 2.21 bits per heavy atom. The summed E-state index contributed by atoms with van der Waals surface area (Å²) in [5, 5.41) is 13.4. The summed E-state index contributed by atoms with van der Waals surface area (Å²) in [7, 11) is 0. The fourth-order valence-electron chi connectivity index (χ4n) is 3.35. The van der Waals surface area contributed by atoms with Gasteiger partial charge in [-0.05, 0) is 50.3 Å². The number of fused-ring (bicyclic) bond motifs is 2. The first-order valence-electron chi connectivity index (χ1n) is 9.25. The van der Waals surface area contributed by atoms with Crippen LogP contribution in [0, 0.1) is 11.3 Å². The number of nitrogens with zero attached hydrogens (tertiary/aromatic N) is 2. The van der Waals surface area contributed by atoms with E-state index in [-0.39, 0.29) is 17.4 Å². The van der Waals surface area contributed by atoms with Crippen molar-refractivity contribution >= 4 is 39.0 Å². The molecule has 142 valence electrons. The monoisotopic (exact) mass is 393 g/mol. The number of hydrogen-bond donors (Lipinski definition) is 1. The molecular weight excluding hydrogens is 374 g/mol. The van der Waals surface area contributed by atoms with Gasteiger partial charge in [0.1, 0.15) is 22.2 Å². The summed E-state index contributed by atoms with van der Waals surface area (Å²) < 4.78 is 10.9. The summed E-state index contributed by atoms with van der Waals surface area (Å²) in [5.41, 5.74) is 3.24. The van der Waals surface area contributed by atoms with E-state index in [0.29, 0.717) is 28.3 Å². The third kappa shape index (κ3) is 3.39. The van der Waals surface area contributed by atoms with Crippen molar-refractivity contribution in [2.45, 2.75) is 32.6 Å². The number of nitrogens with one attached hydrogen (secondary N) is 1. The summed E-state index contributed by atoms with van der Waals surface area (Å²) in [6.45, 7) is 2.12. The Hall–Kier alpha value is -3.11. The standard InChI is InChI=1S/C21H19N3O3S/c1-2-26-21(25)18-14-7-3-6-10-17(14)28-20(18)23-12-13(11-22)19-24-15-8-4-5-9-16(15)27-19/h4-5,8-9,12,23H,2-3,6-7,10H2,1H3/b13-12-. The summed E-state index contributed by atoms with van der Waals surface area (Å²) in [6.07, 6.45) is 5.58. The van der Waals surface area contributed by atoms with Gasteiger partial charge in [-0.25, -0.2) is 9.78 Å². The number of ether oxygens (including phenoxy) is 1. The highest BCUT2D eigenvalue weighted by molar-refractivity contribution is 7.16. The zero-order chi connectivity index (χ0) is 19.5. The number of carbonyl (C=O) groups is 1. The van der Waals surface area contributed by atoms with Crippen molar-refractivity contribution in [3.63, 3.8) is 0 Å². The van der Waals surface area contributed by atoms with Crippen LogP contribution in [0.3, 0.4) is 0 Å². The van der Waals surface area contributed by atoms with Crippen LogP contribution in [0.4, 0.5) is 5.00 Å². The molecule has 0 fully saturated rings. The number of aromatic nitrogens is 1. The first-order valence-corrected chi connectivity index (χ1v) is 10.1. The maximum Gasteiger partial charge on any atom is 0.341 e. The number of benzene rings is 1. The van der Waals surface area contributed by atoms with Gasteiger partial charge in [0.05, 0.1) is 12.2 Å². The molecule has 1 aliphatic carbocycles. The molecule has 0 saturated carbocycles. The van der Waals surface area contributed by atoms with E-state index in [0.717, 1.165) is 31.2 Å². The lowest BCUT2D eigenvalue weighted by Crippen LogP contribution is -2.10. The summed E-state index contributed by atoms with van der Waals surface area (Å²) in [5.74, 6) is -0.0756. The van der Waals surface area contributed by atoms with E-state index in [4.69, 9.17) is 9.15 Å². The molecule has 0 radical (unpaired) electrons. The van der Waals surface area contributed by atoms with Crippen LogP contribution in [0.5, 0.6) is 0 Å². The van der Waals surface area contributed by atoms with Crippen molar-refractivity contribution < 1.29 is 13.9 Å². The van der Waals surface area contributed by atoms with E-state index in [1.807, 2.05) is 18.2 Å². The minimum absolute atomic E-state index is 0.246. The van der Waals surface area contributed by atoms with Crippen LogP contribution >= 0.6 is 11.3 Å². The second kappa shape index (κ2) is 7.87. The van der Waals surface area contributed by atoms with Gasteiger partial charge in [-0.2, -0.15) is 5.26 Å². The zero-order valence-electron chi connectivity index (χ0n) is 15.4. The van der Waals surface area contributed by atoms with Crippen LogP contribution in [-0.2, 0) is 17.6 Å². The quantitative estimate of drug-likeness (QED) is 0.489. The smallest absolute Gasteiger partial charge is 0.341 e. The molecule has 6 nitrogen and oxygen atoms in total. The van der Waals surface area contributed by atoms with E-state index in [1.54, 1.807) is 30.5 Å². The van der Waals surface area contributed by atoms with Gasteiger partial charge in [0, 0.05) is 11.1 Å². The third-order valence-electron chi connectivity index (χ3n) is 4.64. The van der Waals surface area contributed by atoms with Crippen LogP contribution in [0.15, 0.2) is 34.9 Å². The maximum atomic E-state index is 12.5. The van der Waals surface area contributed by atoms with Gasteiger partial charge in [0.2, 0.25) is 5.89 Å². The molecule has 4 rings (SSSR count). The minimum Gasteiger partial charge on any atom is -0.462 e. The zero-order valence-corrected chi connectivity index (χ0v) is 16.3. The average Bonchev–Trinajstić information content (AvgIpc) is 3.29. The number of carbonyl (C=O) groups excluding carboxylic acids is 1. The van der Waals surface area contributed by atoms with Gasteiger partial charge in [0.15, 0.2) is 5.58 Å². The number of esters is 1. The van der Waals surface area contributed by atoms with E-state index in [1.165, 1.54) is 4.88 Å². The third-order valence-corrected chi connectivity index (χ3v) is 5.87. The fourth-order valence-corrected chi connectivity index (χ4v) is 4.60. The van der Waals surface area contributed by atoms with Crippen molar-refractivity contribution in [2.75, 3.05) is 11.9 Å². The maximum absolute atomic E-state index is 12.5. The molecular formula is C21H19N3O3S. The first kappa shape index (κ1) is 18.3. The molecule has 2 heterocycles. The Morgan fingerprint density at radius 3 is 3.00 bits per heavy atom. The molecule has 1 aliphatic rings. The van der Waals surface area contributed by atoms with Crippen molar-refractivity contribution in [3.8, 4) is 6.07 Å². The van der Waals surface area contributed by atoms with Crippen molar-refractivity contribution in [2.24, 2.45) is 0 Å². The first-order chi connectivity index (χ1) is 13.7. The molecule has 3 aromatic rings. The summed E-state index contributed by atoms with van der Waals surface area (Å²) in [4.78, 5) is 18.1. The summed E-state index contributed by atoms with van der Waals surface area (Å²) in [6, 6.07) is 9.47. The van der Waals surface area contributed by atoms with Crippen molar-refractivity contribution in [3.05, 3.63) is 52.4 Å². The Balaban J connectivity index is 1.68. The van der Waals surface area contributed by atoms with Gasteiger partial charge in [0.25, 0.3) is 0 Å². The van der Waals surface area contributed by atoms with Gasteiger partial charge in [-0.1, -0.05) is 12.1 Å². The number of hydrogen-bond acceptors (Lipinski definition) is 7. The molecule has 0 amide bonds. The Bertz CT molecular complexity index is 1070. The van der Waals surface area contributed by atoms with Crippen LogP contribution in [0.1, 0.15) is 46.5 Å². The molecule has 7 heteroatoms.